The first-order valence-electron chi connectivity index (χ1n) is 4.03. The molecule has 0 bridgehead atoms. The first kappa shape index (κ1) is 9.71. The minimum absolute atomic E-state index is 0.108. The Morgan fingerprint density at radius 1 is 1.46 bits per heavy atom. The monoisotopic (exact) mass is 181 g/mol. The van der Waals surface area contributed by atoms with E-state index >= 15 is 0 Å². The molecule has 0 saturated heterocycles. The van der Waals surface area contributed by atoms with Crippen LogP contribution in [0.25, 0.3) is 0 Å². The van der Waals surface area contributed by atoms with Crippen molar-refractivity contribution in [2.75, 3.05) is 11.9 Å². The van der Waals surface area contributed by atoms with Crippen molar-refractivity contribution < 1.29 is 9.18 Å². The number of amides is 1. The second kappa shape index (κ2) is 3.56. The molecule has 1 amide bonds. The molecule has 0 atom stereocenters. The van der Waals surface area contributed by atoms with Crippen LogP contribution >= 0.6 is 0 Å². The van der Waals surface area contributed by atoms with Gasteiger partial charge in [-0.25, -0.2) is 4.39 Å². The van der Waals surface area contributed by atoms with E-state index in [0.29, 0.717) is 11.3 Å². The molecule has 2 nitrogen and oxygen atoms in total. The Labute approximate surface area is 77.0 Å². The number of aryl methyl sites for hydroxylation is 1. The van der Waals surface area contributed by atoms with Crippen LogP contribution < -0.4 is 4.90 Å². The Balaban J connectivity index is 3.03. The normalized spacial score (nSPS) is 9.85. The Hall–Kier alpha value is -1.38. The highest BCUT2D eigenvalue weighted by Crippen LogP contribution is 2.16. The number of hydrogen-bond acceptors (Lipinski definition) is 1. The van der Waals surface area contributed by atoms with Crippen LogP contribution in [0.5, 0.6) is 0 Å². The van der Waals surface area contributed by atoms with Crippen LogP contribution in [0.4, 0.5) is 10.1 Å². The van der Waals surface area contributed by atoms with Crippen LogP contribution in [0.2, 0.25) is 0 Å². The highest BCUT2D eigenvalue weighted by Gasteiger charge is 2.06. The molecule has 0 aliphatic rings. The Morgan fingerprint density at radius 3 is 2.54 bits per heavy atom. The van der Waals surface area contributed by atoms with Crippen molar-refractivity contribution in [1.29, 1.82) is 0 Å². The molecule has 0 N–H and O–H groups in total. The zero-order valence-electron chi connectivity index (χ0n) is 7.97. The number of anilines is 1. The molecule has 0 aliphatic carbocycles. The fourth-order valence-corrected chi connectivity index (χ4v) is 0.972. The molecule has 0 radical (unpaired) electrons. The van der Waals surface area contributed by atoms with E-state index in [1.165, 1.54) is 17.9 Å². The molecule has 0 unspecified atom stereocenters. The van der Waals surface area contributed by atoms with Crippen LogP contribution in [0.3, 0.4) is 0 Å². The van der Waals surface area contributed by atoms with Gasteiger partial charge < -0.3 is 4.90 Å². The van der Waals surface area contributed by atoms with Gasteiger partial charge in [0.25, 0.3) is 0 Å². The maximum absolute atomic E-state index is 13.1. The SMILES string of the molecule is CC(=O)N(C)c1ccc(C)c(F)c1. The average molecular weight is 181 g/mol. The van der Waals surface area contributed by atoms with Crippen molar-refractivity contribution in [2.45, 2.75) is 13.8 Å². The lowest BCUT2D eigenvalue weighted by atomic mass is 10.2. The third kappa shape index (κ3) is 2.05. The maximum Gasteiger partial charge on any atom is 0.223 e. The van der Waals surface area contributed by atoms with Gasteiger partial charge in [0.2, 0.25) is 5.91 Å². The molecule has 0 heterocycles. The van der Waals surface area contributed by atoms with Gasteiger partial charge in [-0.3, -0.25) is 4.79 Å². The van der Waals surface area contributed by atoms with Gasteiger partial charge in [-0.2, -0.15) is 0 Å². The number of benzene rings is 1. The van der Waals surface area contributed by atoms with E-state index in [4.69, 9.17) is 0 Å². The van der Waals surface area contributed by atoms with Crippen LogP contribution in [-0.2, 0) is 4.79 Å². The quantitative estimate of drug-likeness (QED) is 0.649. The third-order valence-corrected chi connectivity index (χ3v) is 2.02. The van der Waals surface area contributed by atoms with Gasteiger partial charge >= 0.3 is 0 Å². The van der Waals surface area contributed by atoms with Gasteiger partial charge in [0.05, 0.1) is 0 Å². The lowest BCUT2D eigenvalue weighted by Crippen LogP contribution is -2.22. The standard InChI is InChI=1S/C10H12FNO/c1-7-4-5-9(6-10(7)11)12(3)8(2)13/h4-6H,1-3H3. The Morgan fingerprint density at radius 2 is 2.08 bits per heavy atom. The zero-order valence-corrected chi connectivity index (χ0v) is 7.97. The van der Waals surface area contributed by atoms with E-state index in [1.807, 2.05) is 0 Å². The number of nitrogens with zero attached hydrogens (tertiary/aromatic N) is 1. The van der Waals surface area contributed by atoms with Crippen LogP contribution in [0.1, 0.15) is 12.5 Å². The smallest absolute Gasteiger partial charge is 0.223 e. The summed E-state index contributed by atoms with van der Waals surface area (Å²) in [5.74, 6) is -0.395. The van der Waals surface area contributed by atoms with E-state index in [2.05, 4.69) is 0 Å². The molecule has 1 aromatic rings. The topological polar surface area (TPSA) is 20.3 Å². The summed E-state index contributed by atoms with van der Waals surface area (Å²) in [7, 11) is 1.62. The third-order valence-electron chi connectivity index (χ3n) is 2.02. The van der Waals surface area contributed by atoms with Gasteiger partial charge in [0.15, 0.2) is 0 Å². The predicted molar refractivity (Wildman–Crippen MR) is 50.2 cm³/mol. The van der Waals surface area contributed by atoms with E-state index in [1.54, 1.807) is 26.1 Å². The van der Waals surface area contributed by atoms with Crippen molar-refractivity contribution in [3.05, 3.63) is 29.6 Å². The summed E-state index contributed by atoms with van der Waals surface area (Å²) in [6.45, 7) is 3.13. The lowest BCUT2D eigenvalue weighted by molar-refractivity contribution is -0.116. The number of rotatable bonds is 1. The molecule has 0 spiro atoms. The molecule has 1 rings (SSSR count). The summed E-state index contributed by atoms with van der Waals surface area (Å²) < 4.78 is 13.1. The summed E-state index contributed by atoms with van der Waals surface area (Å²) in [5.41, 5.74) is 1.16. The minimum Gasteiger partial charge on any atom is -0.316 e. The second-order valence-corrected chi connectivity index (χ2v) is 3.01. The van der Waals surface area contributed by atoms with Crippen molar-refractivity contribution in [2.24, 2.45) is 0 Å². The van der Waals surface area contributed by atoms with Gasteiger partial charge in [0.1, 0.15) is 5.82 Å². The summed E-state index contributed by atoms with van der Waals surface area (Å²) in [5, 5.41) is 0. The van der Waals surface area contributed by atoms with Crippen LogP contribution in [0, 0.1) is 12.7 Å². The zero-order chi connectivity index (χ0) is 10.0. The van der Waals surface area contributed by atoms with E-state index in [-0.39, 0.29) is 11.7 Å². The summed E-state index contributed by atoms with van der Waals surface area (Å²) in [4.78, 5) is 12.3. The molecule has 0 saturated carbocycles. The summed E-state index contributed by atoms with van der Waals surface area (Å²) >= 11 is 0. The first-order chi connectivity index (χ1) is 6.02. The molecule has 70 valence electrons. The molecular weight excluding hydrogens is 169 g/mol. The van der Waals surface area contributed by atoms with Gasteiger partial charge in [-0.1, -0.05) is 6.07 Å². The molecule has 0 aliphatic heterocycles. The fourth-order valence-electron chi connectivity index (χ4n) is 0.972. The van der Waals surface area contributed by atoms with Crippen LogP contribution in [0.15, 0.2) is 18.2 Å². The second-order valence-electron chi connectivity index (χ2n) is 3.01. The summed E-state index contributed by atoms with van der Waals surface area (Å²) in [6.07, 6.45) is 0. The van der Waals surface area contributed by atoms with E-state index in [9.17, 15) is 9.18 Å². The largest absolute Gasteiger partial charge is 0.316 e. The van der Waals surface area contributed by atoms with E-state index < -0.39 is 0 Å². The number of halogens is 1. The molecule has 1 aromatic carbocycles. The van der Waals surface area contributed by atoms with Crippen molar-refractivity contribution in [1.82, 2.24) is 0 Å². The lowest BCUT2D eigenvalue weighted by Gasteiger charge is -2.15. The molecular formula is C10H12FNO. The van der Waals surface area contributed by atoms with Crippen LogP contribution in [-0.4, -0.2) is 13.0 Å². The predicted octanol–water partition coefficient (Wildman–Crippen LogP) is 2.12. The molecule has 13 heavy (non-hydrogen) atoms. The highest BCUT2D eigenvalue weighted by atomic mass is 19.1. The van der Waals surface area contributed by atoms with Crippen molar-refractivity contribution in [3.8, 4) is 0 Å². The first-order valence-corrected chi connectivity index (χ1v) is 4.03. The minimum atomic E-state index is -0.286. The molecule has 0 aromatic heterocycles. The Bertz CT molecular complexity index is 336. The van der Waals surface area contributed by atoms with Crippen molar-refractivity contribution in [3.63, 3.8) is 0 Å². The number of hydrogen-bond donors (Lipinski definition) is 0. The number of carbonyl (C=O) groups excluding carboxylic acids is 1. The highest BCUT2D eigenvalue weighted by molar-refractivity contribution is 5.90. The van der Waals surface area contributed by atoms with Gasteiger partial charge in [-0.15, -0.1) is 0 Å². The van der Waals surface area contributed by atoms with Crippen molar-refractivity contribution >= 4 is 11.6 Å². The fraction of sp³-hybridized carbons (Fsp3) is 0.300. The van der Waals surface area contributed by atoms with Gasteiger partial charge in [0, 0.05) is 19.7 Å². The summed E-state index contributed by atoms with van der Waals surface area (Å²) in [6, 6.07) is 4.74. The van der Waals surface area contributed by atoms with E-state index in [0.717, 1.165) is 0 Å². The molecule has 0 fully saturated rings. The average Bonchev–Trinajstić information content (AvgIpc) is 2.08. The maximum atomic E-state index is 13.1. The number of carbonyl (C=O) groups is 1. The van der Waals surface area contributed by atoms with Gasteiger partial charge in [-0.05, 0) is 24.6 Å². The Kier molecular flexibility index (Phi) is 2.66. The molecule has 3 heteroatoms.